The molecule has 0 aromatic carbocycles. The molecule has 5 heteroatoms. The minimum atomic E-state index is -3.49. The molecular weight excluding hydrogens is 296 g/mol. The van der Waals surface area contributed by atoms with Crippen LogP contribution < -0.4 is 4.72 Å². The van der Waals surface area contributed by atoms with E-state index in [9.17, 15) is 8.42 Å². The zero-order valence-electron chi connectivity index (χ0n) is 14.1. The Morgan fingerprint density at radius 1 is 1.45 bits per heavy atom. The van der Waals surface area contributed by atoms with Gasteiger partial charge in [-0.15, -0.1) is 6.58 Å². The number of sulfonamides is 1. The Morgan fingerprint density at radius 2 is 2.14 bits per heavy atom. The monoisotopic (exact) mass is 324 g/mol. The van der Waals surface area contributed by atoms with Gasteiger partial charge in [-0.25, -0.2) is 13.1 Å². The summed E-state index contributed by atoms with van der Waals surface area (Å²) in [5, 5.41) is 0. The van der Waals surface area contributed by atoms with Gasteiger partial charge < -0.3 is 4.57 Å². The number of hydrogen-bond acceptors (Lipinski definition) is 2. The number of allylic oxidation sites excluding steroid dienone is 3. The molecule has 0 saturated heterocycles. The summed E-state index contributed by atoms with van der Waals surface area (Å²) >= 11 is 0. The minimum Gasteiger partial charge on any atom is -0.353 e. The molecule has 0 saturated carbocycles. The summed E-state index contributed by atoms with van der Waals surface area (Å²) in [5.41, 5.74) is 1.78. The Hall–Kier alpha value is -1.33. The lowest BCUT2D eigenvalue weighted by Gasteiger charge is -2.14. The Kier molecular flexibility index (Phi) is 7.10. The van der Waals surface area contributed by atoms with Crippen molar-refractivity contribution in [1.82, 2.24) is 9.29 Å². The molecule has 1 N–H and O–H groups in total. The van der Waals surface area contributed by atoms with Crippen LogP contribution in [0, 0.1) is 6.92 Å². The van der Waals surface area contributed by atoms with Crippen LogP contribution in [0.1, 0.15) is 44.4 Å². The Morgan fingerprint density at radius 3 is 2.73 bits per heavy atom. The van der Waals surface area contributed by atoms with Crippen LogP contribution in [0.3, 0.4) is 0 Å². The summed E-state index contributed by atoms with van der Waals surface area (Å²) in [4.78, 5) is 0.368. The van der Waals surface area contributed by atoms with E-state index in [2.05, 4.69) is 17.4 Å². The zero-order chi connectivity index (χ0) is 16.8. The van der Waals surface area contributed by atoms with Crippen LogP contribution in [-0.4, -0.2) is 19.0 Å². The van der Waals surface area contributed by atoms with Gasteiger partial charge in [0.05, 0.1) is 0 Å². The highest BCUT2D eigenvalue weighted by Gasteiger charge is 2.23. The van der Waals surface area contributed by atoms with Crippen molar-refractivity contribution >= 4 is 10.0 Å². The van der Waals surface area contributed by atoms with Gasteiger partial charge in [0, 0.05) is 25.0 Å². The highest BCUT2D eigenvalue weighted by Crippen LogP contribution is 2.22. The molecule has 0 bridgehead atoms. The molecule has 0 radical (unpaired) electrons. The van der Waals surface area contributed by atoms with Gasteiger partial charge in [-0.2, -0.15) is 0 Å². The first-order valence-electron chi connectivity index (χ1n) is 7.72. The molecule has 1 unspecified atom stereocenters. The maximum atomic E-state index is 12.6. The number of unbranched alkanes of at least 4 members (excludes halogenated alkanes) is 1. The third-order valence-electron chi connectivity index (χ3n) is 3.81. The van der Waals surface area contributed by atoms with Crippen LogP contribution in [0.25, 0.3) is 0 Å². The van der Waals surface area contributed by atoms with Crippen LogP contribution >= 0.6 is 0 Å². The molecule has 0 aliphatic rings. The van der Waals surface area contributed by atoms with Crippen LogP contribution in [0.15, 0.2) is 35.9 Å². The van der Waals surface area contributed by atoms with E-state index >= 15 is 0 Å². The van der Waals surface area contributed by atoms with Crippen LogP contribution in [0.5, 0.6) is 0 Å². The predicted octanol–water partition coefficient (Wildman–Crippen LogP) is 3.48. The number of aromatic nitrogens is 1. The van der Waals surface area contributed by atoms with E-state index in [1.165, 1.54) is 0 Å². The summed E-state index contributed by atoms with van der Waals surface area (Å²) in [7, 11) is -1.63. The highest BCUT2D eigenvalue weighted by atomic mass is 32.2. The van der Waals surface area contributed by atoms with E-state index in [1.807, 2.05) is 38.5 Å². The molecule has 4 nitrogen and oxygen atoms in total. The molecule has 0 amide bonds. The second kappa shape index (κ2) is 8.34. The quantitative estimate of drug-likeness (QED) is 0.558. The van der Waals surface area contributed by atoms with Gasteiger partial charge in [-0.3, -0.25) is 0 Å². The minimum absolute atomic E-state index is 0.0765. The van der Waals surface area contributed by atoms with E-state index in [0.29, 0.717) is 11.3 Å². The molecule has 1 rings (SSSR count). The van der Waals surface area contributed by atoms with Crippen molar-refractivity contribution in [1.29, 1.82) is 0 Å². The van der Waals surface area contributed by atoms with Gasteiger partial charge in [-0.05, 0) is 52.0 Å². The van der Waals surface area contributed by atoms with Crippen molar-refractivity contribution in [2.45, 2.75) is 57.4 Å². The molecular formula is C17H28N2O2S. The number of aryl methyl sites for hydroxylation is 1. The summed E-state index contributed by atoms with van der Waals surface area (Å²) in [6, 6.07) is -0.0765. The fraction of sp³-hybridized carbons (Fsp3) is 0.529. The normalized spacial score (nSPS) is 13.6. The smallest absolute Gasteiger partial charge is 0.242 e. The van der Waals surface area contributed by atoms with E-state index in [0.717, 1.165) is 30.5 Å². The Bertz CT molecular complexity index is 627. The van der Waals surface area contributed by atoms with Crippen LogP contribution in [0.2, 0.25) is 0 Å². The third kappa shape index (κ3) is 4.85. The molecule has 124 valence electrons. The van der Waals surface area contributed by atoms with Gasteiger partial charge in [0.2, 0.25) is 10.0 Å². The average Bonchev–Trinajstić information content (AvgIpc) is 2.73. The lowest BCUT2D eigenvalue weighted by molar-refractivity contribution is 0.537. The van der Waals surface area contributed by atoms with E-state index in [4.69, 9.17) is 0 Å². The van der Waals surface area contributed by atoms with Gasteiger partial charge in [0.15, 0.2) is 0 Å². The van der Waals surface area contributed by atoms with E-state index in [-0.39, 0.29) is 6.04 Å². The molecule has 0 fully saturated rings. The largest absolute Gasteiger partial charge is 0.353 e. The molecule has 1 aromatic heterocycles. The number of hydrogen-bond donors (Lipinski definition) is 1. The van der Waals surface area contributed by atoms with Crippen molar-refractivity contribution in [2.75, 3.05) is 0 Å². The molecule has 1 heterocycles. The SMILES string of the molecule is C=CCc1c(S(=O)(=O)NC(C)CCC/C=C/C)cn(C)c1C. The zero-order valence-corrected chi connectivity index (χ0v) is 14.9. The van der Waals surface area contributed by atoms with Crippen molar-refractivity contribution in [3.8, 4) is 0 Å². The first kappa shape index (κ1) is 18.7. The number of nitrogens with one attached hydrogen (secondary N) is 1. The predicted molar refractivity (Wildman–Crippen MR) is 92.5 cm³/mol. The standard InChI is InChI=1S/C17H28N2O2S/c1-6-8-9-10-12-14(3)18-22(20,21)17-13-19(5)15(4)16(17)11-7-2/h6-8,13-14,18H,2,9-12H2,1,3-5H3/b8-6+. The van der Waals surface area contributed by atoms with Crippen molar-refractivity contribution < 1.29 is 8.42 Å². The molecule has 0 aliphatic heterocycles. The summed E-state index contributed by atoms with van der Waals surface area (Å²) in [6.07, 6.45) is 10.9. The van der Waals surface area contributed by atoms with E-state index in [1.54, 1.807) is 12.3 Å². The van der Waals surface area contributed by atoms with Crippen LogP contribution in [0.4, 0.5) is 0 Å². The Balaban J connectivity index is 2.86. The van der Waals surface area contributed by atoms with Gasteiger partial charge >= 0.3 is 0 Å². The van der Waals surface area contributed by atoms with Crippen molar-refractivity contribution in [3.05, 3.63) is 42.3 Å². The second-order valence-electron chi connectivity index (χ2n) is 5.68. The second-order valence-corrected chi connectivity index (χ2v) is 7.37. The number of nitrogens with zero attached hydrogens (tertiary/aromatic N) is 1. The fourth-order valence-corrected chi connectivity index (χ4v) is 4.09. The highest BCUT2D eigenvalue weighted by molar-refractivity contribution is 7.89. The topological polar surface area (TPSA) is 51.1 Å². The summed E-state index contributed by atoms with van der Waals surface area (Å²) in [5.74, 6) is 0. The lowest BCUT2D eigenvalue weighted by Crippen LogP contribution is -2.32. The molecule has 1 aromatic rings. The Labute approximate surface area is 135 Å². The fourth-order valence-electron chi connectivity index (χ4n) is 2.46. The molecule has 1 atom stereocenters. The van der Waals surface area contributed by atoms with Crippen LogP contribution in [-0.2, 0) is 23.5 Å². The molecule has 22 heavy (non-hydrogen) atoms. The summed E-state index contributed by atoms with van der Waals surface area (Å²) < 4.78 is 29.9. The van der Waals surface area contributed by atoms with Crippen molar-refractivity contribution in [3.63, 3.8) is 0 Å². The molecule has 0 spiro atoms. The van der Waals surface area contributed by atoms with Gasteiger partial charge in [0.1, 0.15) is 4.90 Å². The van der Waals surface area contributed by atoms with Gasteiger partial charge in [0.25, 0.3) is 0 Å². The van der Waals surface area contributed by atoms with Crippen molar-refractivity contribution in [2.24, 2.45) is 7.05 Å². The number of rotatable bonds is 9. The maximum absolute atomic E-state index is 12.6. The summed E-state index contributed by atoms with van der Waals surface area (Å²) in [6.45, 7) is 9.55. The average molecular weight is 324 g/mol. The third-order valence-corrected chi connectivity index (χ3v) is 5.46. The first-order chi connectivity index (χ1) is 10.3. The maximum Gasteiger partial charge on any atom is 0.242 e. The van der Waals surface area contributed by atoms with E-state index < -0.39 is 10.0 Å². The lowest BCUT2D eigenvalue weighted by atomic mass is 10.1. The first-order valence-corrected chi connectivity index (χ1v) is 9.21. The van der Waals surface area contributed by atoms with Gasteiger partial charge in [-0.1, -0.05) is 18.2 Å². The molecule has 0 aliphatic carbocycles.